The molecule has 0 aliphatic heterocycles. The minimum Gasteiger partial charge on any atom is -0.358 e. The van der Waals surface area contributed by atoms with Gasteiger partial charge in [-0.3, -0.25) is 4.79 Å². The zero-order valence-corrected chi connectivity index (χ0v) is 16.8. The molecule has 0 aliphatic rings. The summed E-state index contributed by atoms with van der Waals surface area (Å²) in [5, 5.41) is 3.25. The van der Waals surface area contributed by atoms with Crippen LogP contribution in [0.3, 0.4) is 0 Å². The van der Waals surface area contributed by atoms with Gasteiger partial charge in [-0.15, -0.1) is 11.3 Å². The largest absolute Gasteiger partial charge is 0.358 e. The van der Waals surface area contributed by atoms with E-state index in [9.17, 15) is 4.79 Å². The molecule has 0 spiro atoms. The third-order valence-electron chi connectivity index (χ3n) is 4.83. The molecule has 1 aromatic carbocycles. The van der Waals surface area contributed by atoms with Crippen LogP contribution in [0.4, 0.5) is 0 Å². The molecular weight excluding hydrogens is 342 g/mol. The van der Waals surface area contributed by atoms with E-state index in [0.29, 0.717) is 13.0 Å². The Kier molecular flexibility index (Phi) is 5.79. The summed E-state index contributed by atoms with van der Waals surface area (Å²) in [5.74, 6) is 0.188. The zero-order chi connectivity index (χ0) is 18.7. The van der Waals surface area contributed by atoms with Gasteiger partial charge >= 0.3 is 0 Å². The molecule has 1 amide bonds. The van der Waals surface area contributed by atoms with Crippen molar-refractivity contribution in [3.63, 3.8) is 0 Å². The maximum Gasteiger partial charge on any atom is 0.227 e. The Balaban J connectivity index is 1.81. The average Bonchev–Trinajstić information content (AvgIpc) is 3.14. The molecule has 0 saturated carbocycles. The Labute approximate surface area is 159 Å². The highest BCUT2D eigenvalue weighted by Crippen LogP contribution is 2.24. The lowest BCUT2D eigenvalue weighted by atomic mass is 10.1. The van der Waals surface area contributed by atoms with E-state index in [4.69, 9.17) is 0 Å². The number of rotatable bonds is 7. The van der Waals surface area contributed by atoms with Crippen LogP contribution >= 0.6 is 11.3 Å². The quantitative estimate of drug-likeness (QED) is 0.684. The van der Waals surface area contributed by atoms with E-state index in [2.05, 4.69) is 47.3 Å². The third-order valence-corrected chi connectivity index (χ3v) is 5.84. The number of nitrogens with zero attached hydrogens (tertiary/aromatic N) is 2. The molecular formula is C21H27N3OS. The molecule has 1 N–H and O–H groups in total. The number of hydrogen-bond acceptors (Lipinski definition) is 3. The number of carbonyl (C=O) groups excluding carboxylic acids is 1. The zero-order valence-electron chi connectivity index (χ0n) is 16.0. The van der Waals surface area contributed by atoms with Gasteiger partial charge < -0.3 is 14.8 Å². The smallest absolute Gasteiger partial charge is 0.227 e. The summed E-state index contributed by atoms with van der Waals surface area (Å²) in [6, 6.07) is 10.3. The van der Waals surface area contributed by atoms with E-state index < -0.39 is 0 Å². The van der Waals surface area contributed by atoms with Gasteiger partial charge in [0.05, 0.1) is 13.0 Å². The number of nitrogens with one attached hydrogen (secondary N) is 1. The van der Waals surface area contributed by atoms with Gasteiger partial charge in [-0.2, -0.15) is 0 Å². The SMILES string of the molecule is Cc1ccsc1CN(CCN(C)C)C(=O)Cc1c(C)[nH]c2ccccc12. The molecule has 0 atom stereocenters. The summed E-state index contributed by atoms with van der Waals surface area (Å²) in [7, 11) is 4.09. The van der Waals surface area contributed by atoms with Gasteiger partial charge in [0, 0.05) is 34.6 Å². The molecule has 5 heteroatoms. The minimum absolute atomic E-state index is 0.188. The first-order valence-corrected chi connectivity index (χ1v) is 9.85. The number of para-hydroxylation sites is 1. The molecule has 0 bridgehead atoms. The average molecular weight is 370 g/mol. The molecule has 2 heterocycles. The number of aromatic nitrogens is 1. The van der Waals surface area contributed by atoms with Crippen molar-refractivity contribution >= 4 is 28.1 Å². The molecule has 0 aliphatic carbocycles. The van der Waals surface area contributed by atoms with Gasteiger partial charge in [-0.05, 0) is 56.6 Å². The number of amides is 1. The highest BCUT2D eigenvalue weighted by Gasteiger charge is 2.19. The number of likely N-dealkylation sites (N-methyl/N-ethyl adjacent to an activating group) is 1. The summed E-state index contributed by atoms with van der Waals surface area (Å²) in [6.45, 7) is 6.46. The summed E-state index contributed by atoms with van der Waals surface area (Å²) >= 11 is 1.73. The van der Waals surface area contributed by atoms with Crippen molar-refractivity contribution in [2.24, 2.45) is 0 Å². The van der Waals surface area contributed by atoms with Crippen molar-refractivity contribution in [2.45, 2.75) is 26.8 Å². The number of thiophene rings is 1. The lowest BCUT2D eigenvalue weighted by Gasteiger charge is -2.24. The van der Waals surface area contributed by atoms with Crippen molar-refractivity contribution in [1.82, 2.24) is 14.8 Å². The first-order valence-electron chi connectivity index (χ1n) is 8.97. The lowest BCUT2D eigenvalue weighted by Crippen LogP contribution is -2.37. The van der Waals surface area contributed by atoms with E-state index >= 15 is 0 Å². The summed E-state index contributed by atoms with van der Waals surface area (Å²) in [4.78, 5) is 21.9. The predicted octanol–water partition coefficient (Wildman–Crippen LogP) is 3.98. The van der Waals surface area contributed by atoms with E-state index in [1.165, 1.54) is 10.4 Å². The van der Waals surface area contributed by atoms with Gasteiger partial charge in [0.25, 0.3) is 0 Å². The van der Waals surface area contributed by atoms with Crippen molar-refractivity contribution < 1.29 is 4.79 Å². The van der Waals surface area contributed by atoms with Crippen LogP contribution in [-0.4, -0.2) is 47.9 Å². The Bertz CT molecular complexity index is 894. The fourth-order valence-corrected chi connectivity index (χ4v) is 4.10. The van der Waals surface area contributed by atoms with E-state index in [1.807, 2.05) is 31.1 Å². The fraction of sp³-hybridized carbons (Fsp3) is 0.381. The number of fused-ring (bicyclic) bond motifs is 1. The van der Waals surface area contributed by atoms with Crippen LogP contribution < -0.4 is 0 Å². The number of aromatic amines is 1. The standard InChI is InChI=1S/C21H27N3OS/c1-15-9-12-26-20(15)14-24(11-10-23(3)4)21(25)13-18-16(2)22-19-8-6-5-7-17(18)19/h5-9,12,22H,10-11,13-14H2,1-4H3. The molecule has 138 valence electrons. The molecule has 3 rings (SSSR count). The molecule has 0 radical (unpaired) electrons. The molecule has 26 heavy (non-hydrogen) atoms. The second kappa shape index (κ2) is 8.06. The first kappa shape index (κ1) is 18.7. The minimum atomic E-state index is 0.188. The van der Waals surface area contributed by atoms with Crippen LogP contribution in [0.5, 0.6) is 0 Å². The number of carbonyl (C=O) groups is 1. The molecule has 0 fully saturated rings. The van der Waals surface area contributed by atoms with Gasteiger partial charge in [0.2, 0.25) is 5.91 Å². The van der Waals surface area contributed by atoms with Gasteiger partial charge in [-0.1, -0.05) is 18.2 Å². The molecule has 4 nitrogen and oxygen atoms in total. The topological polar surface area (TPSA) is 39.3 Å². The second-order valence-electron chi connectivity index (χ2n) is 7.10. The molecule has 0 saturated heterocycles. The van der Waals surface area contributed by atoms with Crippen LogP contribution in [0.15, 0.2) is 35.7 Å². The van der Waals surface area contributed by atoms with Crippen molar-refractivity contribution in [3.05, 3.63) is 57.4 Å². The van der Waals surface area contributed by atoms with Crippen molar-refractivity contribution in [1.29, 1.82) is 0 Å². The van der Waals surface area contributed by atoms with Crippen LogP contribution in [-0.2, 0) is 17.8 Å². The van der Waals surface area contributed by atoms with Crippen LogP contribution in [0.1, 0.15) is 21.7 Å². The maximum atomic E-state index is 13.2. The lowest BCUT2D eigenvalue weighted by molar-refractivity contribution is -0.131. The van der Waals surface area contributed by atoms with Gasteiger partial charge in [0.1, 0.15) is 0 Å². The van der Waals surface area contributed by atoms with E-state index in [-0.39, 0.29) is 5.91 Å². The molecule has 2 aromatic heterocycles. The summed E-state index contributed by atoms with van der Waals surface area (Å²) < 4.78 is 0. The Hall–Kier alpha value is -2.11. The van der Waals surface area contributed by atoms with E-state index in [0.717, 1.165) is 35.2 Å². The number of H-pyrrole nitrogens is 1. The first-order chi connectivity index (χ1) is 12.5. The van der Waals surface area contributed by atoms with Gasteiger partial charge in [0.15, 0.2) is 0 Å². The summed E-state index contributed by atoms with van der Waals surface area (Å²) in [6.07, 6.45) is 0.438. The van der Waals surface area contributed by atoms with Crippen LogP contribution in [0.25, 0.3) is 10.9 Å². The van der Waals surface area contributed by atoms with Crippen molar-refractivity contribution in [3.8, 4) is 0 Å². The van der Waals surface area contributed by atoms with Gasteiger partial charge in [-0.25, -0.2) is 0 Å². The Morgan fingerprint density at radius 3 is 2.58 bits per heavy atom. The van der Waals surface area contributed by atoms with Crippen LogP contribution in [0, 0.1) is 13.8 Å². The monoisotopic (exact) mass is 369 g/mol. The van der Waals surface area contributed by atoms with Crippen molar-refractivity contribution in [2.75, 3.05) is 27.2 Å². The Morgan fingerprint density at radius 1 is 1.12 bits per heavy atom. The number of benzene rings is 1. The molecule has 0 unspecified atom stereocenters. The molecule has 3 aromatic rings. The highest BCUT2D eigenvalue weighted by molar-refractivity contribution is 7.10. The third kappa shape index (κ3) is 4.17. The maximum absolute atomic E-state index is 13.2. The Morgan fingerprint density at radius 2 is 1.88 bits per heavy atom. The number of aryl methyl sites for hydroxylation is 2. The van der Waals surface area contributed by atoms with Crippen LogP contribution in [0.2, 0.25) is 0 Å². The normalized spacial score (nSPS) is 11.4. The predicted molar refractivity (Wildman–Crippen MR) is 110 cm³/mol. The highest BCUT2D eigenvalue weighted by atomic mass is 32.1. The fourth-order valence-electron chi connectivity index (χ4n) is 3.18. The number of hydrogen-bond donors (Lipinski definition) is 1. The van der Waals surface area contributed by atoms with E-state index in [1.54, 1.807) is 11.3 Å². The summed E-state index contributed by atoms with van der Waals surface area (Å²) in [5.41, 5.74) is 4.56. The second-order valence-corrected chi connectivity index (χ2v) is 8.10.